The molecule has 1 fully saturated rings. The van der Waals surface area contributed by atoms with E-state index in [1.54, 1.807) is 32.5 Å². The Morgan fingerprint density at radius 3 is 2.48 bits per heavy atom. The Hall–Kier alpha value is -2.27. The van der Waals surface area contributed by atoms with E-state index in [9.17, 15) is 19.2 Å². The van der Waals surface area contributed by atoms with Gasteiger partial charge in [0.25, 0.3) is 0 Å². The molecule has 0 saturated carbocycles. The van der Waals surface area contributed by atoms with Gasteiger partial charge in [-0.15, -0.1) is 0 Å². The zero-order valence-corrected chi connectivity index (χ0v) is 19.7. The maximum absolute atomic E-state index is 13.9. The number of carbonyl (C=O) groups is 2. The number of urea groups is 1. The van der Waals surface area contributed by atoms with E-state index in [4.69, 9.17) is 4.74 Å². The van der Waals surface area contributed by atoms with Crippen molar-refractivity contribution in [1.29, 1.82) is 5.26 Å². The lowest BCUT2D eigenvalue weighted by atomic mass is 10.2. The minimum Gasteiger partial charge on any atom is -0.443 e. The van der Waals surface area contributed by atoms with Gasteiger partial charge in [0.1, 0.15) is 17.8 Å². The van der Waals surface area contributed by atoms with E-state index in [0.717, 1.165) is 22.0 Å². The van der Waals surface area contributed by atoms with Gasteiger partial charge in [0.05, 0.1) is 12.6 Å². The Balaban J connectivity index is 2.12. The summed E-state index contributed by atoms with van der Waals surface area (Å²) < 4.78 is 18.9. The molecule has 2 atom stereocenters. The molecule has 0 N–H and O–H groups in total. The van der Waals surface area contributed by atoms with Crippen molar-refractivity contribution in [1.82, 2.24) is 9.80 Å². The number of ether oxygens (including phenoxy) is 1. The van der Waals surface area contributed by atoms with E-state index in [-0.39, 0.29) is 19.5 Å². The second kappa shape index (κ2) is 10.4. The average Bonchev–Trinajstić information content (AvgIpc) is 3.06. The fraction of sp³-hybridized carbons (Fsp3) is 0.609. The van der Waals surface area contributed by atoms with Crippen molar-refractivity contribution in [2.24, 2.45) is 0 Å². The number of hydrogen-bond donors (Lipinski definition) is 0. The number of hydrogen-bond acceptors (Lipinski definition) is 5. The van der Waals surface area contributed by atoms with E-state index in [1.807, 2.05) is 38.1 Å². The summed E-state index contributed by atoms with van der Waals surface area (Å²) in [6.45, 7) is 8.97. The largest absolute Gasteiger partial charge is 0.443 e. The smallest absolute Gasteiger partial charge is 0.418 e. The van der Waals surface area contributed by atoms with Gasteiger partial charge in [0, 0.05) is 17.7 Å². The van der Waals surface area contributed by atoms with E-state index in [2.05, 4.69) is 12.1 Å². The van der Waals surface area contributed by atoms with Gasteiger partial charge in [-0.05, 0) is 52.4 Å². The van der Waals surface area contributed by atoms with E-state index >= 15 is 0 Å². The van der Waals surface area contributed by atoms with E-state index in [0.29, 0.717) is 0 Å². The highest BCUT2D eigenvalue weighted by atomic mass is 32.2. The Morgan fingerprint density at radius 1 is 1.26 bits per heavy atom. The standard InChI is InChI=1S/C23H32FN3O3S/c1-22(2,3)30-21(29)27(20(28)26-15-18(24)13-19(26)14-25)16-23(4,5)31-12-11-17-9-7-6-8-10-17/h6-10,18-19H,11-13,15-16H2,1-5H3/t18-,19-/m0/s1. The molecule has 1 aromatic rings. The number of likely N-dealkylation sites (tertiary alicyclic amines) is 1. The van der Waals surface area contributed by atoms with Gasteiger partial charge >= 0.3 is 12.1 Å². The van der Waals surface area contributed by atoms with E-state index in [1.165, 1.54) is 5.56 Å². The first-order chi connectivity index (χ1) is 14.4. The number of rotatable bonds is 6. The summed E-state index contributed by atoms with van der Waals surface area (Å²) in [7, 11) is 0. The minimum atomic E-state index is -1.28. The SMILES string of the molecule is CC(C)(C)OC(=O)N(CC(C)(C)SCCc1ccccc1)C(=O)N1C[C@@H](F)C[C@H]1C#N. The first kappa shape index (κ1) is 25.0. The highest BCUT2D eigenvalue weighted by molar-refractivity contribution is 8.00. The molecule has 8 heteroatoms. The molecule has 0 bridgehead atoms. The summed E-state index contributed by atoms with van der Waals surface area (Å²) in [5.41, 5.74) is 0.427. The van der Waals surface area contributed by atoms with Gasteiger partial charge in [0.2, 0.25) is 0 Å². The Labute approximate surface area is 188 Å². The van der Waals surface area contributed by atoms with Crippen LogP contribution in [0.3, 0.4) is 0 Å². The zero-order chi connectivity index (χ0) is 23.2. The molecule has 2 rings (SSSR count). The quantitative estimate of drug-likeness (QED) is 0.609. The van der Waals surface area contributed by atoms with Crippen molar-refractivity contribution in [3.05, 3.63) is 35.9 Å². The van der Waals surface area contributed by atoms with Gasteiger partial charge < -0.3 is 9.64 Å². The second-order valence-corrected chi connectivity index (χ2v) is 11.1. The highest BCUT2D eigenvalue weighted by Crippen LogP contribution is 2.29. The molecule has 1 aromatic carbocycles. The third-order valence-electron chi connectivity index (χ3n) is 4.75. The van der Waals surface area contributed by atoms with Gasteiger partial charge in [-0.2, -0.15) is 17.0 Å². The van der Waals surface area contributed by atoms with Crippen LogP contribution in [-0.4, -0.2) is 63.3 Å². The monoisotopic (exact) mass is 449 g/mol. The lowest BCUT2D eigenvalue weighted by molar-refractivity contribution is 0.0273. The molecule has 1 saturated heterocycles. The molecular weight excluding hydrogens is 417 g/mol. The number of carbonyl (C=O) groups excluding carboxylic acids is 2. The molecule has 0 radical (unpaired) electrons. The Kier molecular flexibility index (Phi) is 8.35. The van der Waals surface area contributed by atoms with Gasteiger partial charge in [0.15, 0.2) is 0 Å². The molecule has 170 valence electrons. The van der Waals surface area contributed by atoms with E-state index < -0.39 is 34.7 Å². The van der Waals surface area contributed by atoms with Gasteiger partial charge in [-0.25, -0.2) is 18.9 Å². The normalized spacial score (nSPS) is 19.1. The minimum absolute atomic E-state index is 0.0420. The average molecular weight is 450 g/mol. The zero-order valence-electron chi connectivity index (χ0n) is 18.9. The van der Waals surface area contributed by atoms with Crippen LogP contribution in [0.2, 0.25) is 0 Å². The molecule has 0 aromatic heterocycles. The molecule has 0 unspecified atom stereocenters. The van der Waals surface area contributed by atoms with Gasteiger partial charge in [-0.3, -0.25) is 0 Å². The maximum atomic E-state index is 13.9. The molecule has 1 heterocycles. The molecule has 1 aliphatic rings. The van der Waals surface area contributed by atoms with Crippen LogP contribution in [0.15, 0.2) is 30.3 Å². The topological polar surface area (TPSA) is 73.6 Å². The Morgan fingerprint density at radius 2 is 1.90 bits per heavy atom. The number of benzene rings is 1. The van der Waals surface area contributed by atoms with Crippen molar-refractivity contribution < 1.29 is 18.7 Å². The number of thioether (sulfide) groups is 1. The van der Waals surface area contributed by atoms with Crippen LogP contribution >= 0.6 is 11.8 Å². The molecule has 1 aliphatic heterocycles. The summed E-state index contributed by atoms with van der Waals surface area (Å²) >= 11 is 1.65. The second-order valence-electron chi connectivity index (χ2n) is 9.32. The van der Waals surface area contributed by atoms with Crippen molar-refractivity contribution >= 4 is 23.9 Å². The lowest BCUT2D eigenvalue weighted by Gasteiger charge is -2.35. The van der Waals surface area contributed by atoms with Crippen molar-refractivity contribution in [3.8, 4) is 6.07 Å². The lowest BCUT2D eigenvalue weighted by Crippen LogP contribution is -2.53. The number of nitriles is 1. The van der Waals surface area contributed by atoms with Crippen LogP contribution in [0.4, 0.5) is 14.0 Å². The van der Waals surface area contributed by atoms with Crippen LogP contribution < -0.4 is 0 Å². The highest BCUT2D eigenvalue weighted by Gasteiger charge is 2.42. The third-order valence-corrected chi connectivity index (χ3v) is 6.07. The molecule has 0 aliphatic carbocycles. The molecular formula is C23H32FN3O3S. The number of alkyl halides is 1. The predicted octanol–water partition coefficient (Wildman–Crippen LogP) is 5.03. The molecule has 6 nitrogen and oxygen atoms in total. The first-order valence-corrected chi connectivity index (χ1v) is 11.4. The summed E-state index contributed by atoms with van der Waals surface area (Å²) in [6.07, 6.45) is -1.24. The maximum Gasteiger partial charge on any atom is 0.418 e. The van der Waals surface area contributed by atoms with Crippen LogP contribution in [0.5, 0.6) is 0 Å². The number of aryl methyl sites for hydroxylation is 1. The fourth-order valence-corrected chi connectivity index (χ4v) is 4.43. The summed E-state index contributed by atoms with van der Waals surface area (Å²) in [4.78, 5) is 28.2. The third kappa shape index (κ3) is 7.73. The number of imide groups is 1. The summed E-state index contributed by atoms with van der Waals surface area (Å²) in [5.74, 6) is 0.810. The van der Waals surface area contributed by atoms with Crippen molar-refractivity contribution in [2.45, 2.75) is 70.0 Å². The summed E-state index contributed by atoms with van der Waals surface area (Å²) in [6, 6.07) is 10.5. The van der Waals surface area contributed by atoms with Crippen molar-refractivity contribution in [3.63, 3.8) is 0 Å². The van der Waals surface area contributed by atoms with Gasteiger partial charge in [-0.1, -0.05) is 30.3 Å². The fourth-order valence-electron chi connectivity index (χ4n) is 3.32. The molecule has 31 heavy (non-hydrogen) atoms. The Bertz CT molecular complexity index is 805. The number of nitrogens with zero attached hydrogens (tertiary/aromatic N) is 3. The number of amides is 3. The van der Waals surface area contributed by atoms with Crippen LogP contribution in [0.1, 0.15) is 46.6 Å². The number of halogens is 1. The summed E-state index contributed by atoms with van der Waals surface area (Å²) in [5, 5.41) is 9.32. The molecule has 3 amide bonds. The van der Waals surface area contributed by atoms with Crippen LogP contribution in [-0.2, 0) is 11.2 Å². The predicted molar refractivity (Wildman–Crippen MR) is 121 cm³/mol. The van der Waals surface area contributed by atoms with Crippen LogP contribution in [0.25, 0.3) is 0 Å². The van der Waals surface area contributed by atoms with Crippen LogP contribution in [0, 0.1) is 11.3 Å². The molecule has 0 spiro atoms. The van der Waals surface area contributed by atoms with Crippen molar-refractivity contribution in [2.75, 3.05) is 18.8 Å². The first-order valence-electron chi connectivity index (χ1n) is 10.4.